The molecule has 0 aliphatic carbocycles. The molecule has 0 fully saturated rings. The van der Waals surface area contributed by atoms with E-state index in [4.69, 9.17) is 4.74 Å². The summed E-state index contributed by atoms with van der Waals surface area (Å²) in [5, 5.41) is 5.83. The maximum absolute atomic E-state index is 11.9. The van der Waals surface area contributed by atoms with Crippen LogP contribution in [0.25, 0.3) is 0 Å². The molecule has 0 unspecified atom stereocenters. The van der Waals surface area contributed by atoms with E-state index >= 15 is 0 Å². The maximum atomic E-state index is 11.9. The van der Waals surface area contributed by atoms with Crippen LogP contribution in [0.3, 0.4) is 0 Å². The number of esters is 1. The predicted molar refractivity (Wildman–Crippen MR) is 91.1 cm³/mol. The average molecular weight is 328 g/mol. The van der Waals surface area contributed by atoms with Crippen molar-refractivity contribution in [2.75, 3.05) is 26.1 Å². The van der Waals surface area contributed by atoms with Crippen LogP contribution in [-0.4, -0.2) is 32.6 Å². The highest BCUT2D eigenvalue weighted by atomic mass is 16.5. The molecule has 0 spiro atoms. The van der Waals surface area contributed by atoms with Gasteiger partial charge in [-0.2, -0.15) is 0 Å². The molecule has 1 amide bonds. The number of ether oxygens (including phenoxy) is 2. The van der Waals surface area contributed by atoms with Crippen LogP contribution in [0.2, 0.25) is 0 Å². The zero-order valence-corrected chi connectivity index (χ0v) is 13.7. The summed E-state index contributed by atoms with van der Waals surface area (Å²) < 4.78 is 9.88. The quantitative estimate of drug-likeness (QED) is 0.762. The van der Waals surface area contributed by atoms with E-state index in [0.29, 0.717) is 12.1 Å². The number of benzene rings is 2. The molecule has 0 aromatic heterocycles. The lowest BCUT2D eigenvalue weighted by atomic mass is 10.2. The van der Waals surface area contributed by atoms with Crippen molar-refractivity contribution in [1.29, 1.82) is 0 Å². The Hall–Kier alpha value is -3.02. The number of amides is 1. The number of carbonyl (C=O) groups is 2. The molecule has 126 valence electrons. The van der Waals surface area contributed by atoms with E-state index in [-0.39, 0.29) is 12.5 Å². The first-order valence-electron chi connectivity index (χ1n) is 7.45. The molecule has 2 rings (SSSR count). The second-order valence-electron chi connectivity index (χ2n) is 5.01. The molecule has 0 aliphatic rings. The highest BCUT2D eigenvalue weighted by Crippen LogP contribution is 2.16. The fourth-order valence-electron chi connectivity index (χ4n) is 2.13. The first kappa shape index (κ1) is 17.3. The second kappa shape index (κ2) is 8.57. The van der Waals surface area contributed by atoms with Crippen molar-refractivity contribution in [3.05, 3.63) is 59.7 Å². The normalized spacial score (nSPS) is 9.92. The van der Waals surface area contributed by atoms with Crippen LogP contribution in [-0.2, 0) is 16.1 Å². The van der Waals surface area contributed by atoms with Crippen molar-refractivity contribution in [2.24, 2.45) is 0 Å². The number of hydrogen-bond donors (Lipinski definition) is 2. The van der Waals surface area contributed by atoms with E-state index in [9.17, 15) is 9.59 Å². The Morgan fingerprint density at radius 1 is 1.00 bits per heavy atom. The van der Waals surface area contributed by atoms with Crippen LogP contribution in [0.5, 0.6) is 5.75 Å². The van der Waals surface area contributed by atoms with Gasteiger partial charge in [0, 0.05) is 17.8 Å². The van der Waals surface area contributed by atoms with Gasteiger partial charge < -0.3 is 20.1 Å². The summed E-state index contributed by atoms with van der Waals surface area (Å²) in [4.78, 5) is 23.3. The van der Waals surface area contributed by atoms with Crippen LogP contribution >= 0.6 is 0 Å². The van der Waals surface area contributed by atoms with Gasteiger partial charge in [0.2, 0.25) is 5.91 Å². The summed E-state index contributed by atoms with van der Waals surface area (Å²) >= 11 is 0. The van der Waals surface area contributed by atoms with Gasteiger partial charge >= 0.3 is 5.97 Å². The van der Waals surface area contributed by atoms with Crippen molar-refractivity contribution in [2.45, 2.75) is 6.54 Å². The molecule has 6 nitrogen and oxygen atoms in total. The van der Waals surface area contributed by atoms with Gasteiger partial charge in [-0.3, -0.25) is 4.79 Å². The molecule has 0 atom stereocenters. The van der Waals surface area contributed by atoms with Crippen LogP contribution < -0.4 is 15.4 Å². The molecular formula is C18H20N2O4. The predicted octanol–water partition coefficient (Wildman–Crippen LogP) is 2.21. The van der Waals surface area contributed by atoms with E-state index in [2.05, 4.69) is 15.4 Å². The fraction of sp³-hybridized carbons (Fsp3) is 0.222. The minimum absolute atomic E-state index is 0.132. The lowest BCUT2D eigenvalue weighted by Gasteiger charge is -2.10. The molecule has 2 aromatic rings. The van der Waals surface area contributed by atoms with Gasteiger partial charge in [0.15, 0.2) is 0 Å². The number of carbonyl (C=O) groups excluding carboxylic acids is 2. The molecular weight excluding hydrogens is 308 g/mol. The summed E-state index contributed by atoms with van der Waals surface area (Å²) in [6, 6.07) is 14.2. The number of nitrogens with one attached hydrogen (secondary N) is 2. The molecule has 2 aromatic carbocycles. The van der Waals surface area contributed by atoms with Gasteiger partial charge in [0.1, 0.15) is 5.75 Å². The number of methoxy groups -OCH3 is 2. The third-order valence-electron chi connectivity index (χ3n) is 3.43. The zero-order chi connectivity index (χ0) is 17.4. The van der Waals surface area contributed by atoms with Crippen LogP contribution in [0.4, 0.5) is 5.69 Å². The van der Waals surface area contributed by atoms with Gasteiger partial charge in [0.25, 0.3) is 0 Å². The minimum atomic E-state index is -0.392. The van der Waals surface area contributed by atoms with Gasteiger partial charge in [0.05, 0.1) is 26.3 Å². The van der Waals surface area contributed by atoms with E-state index in [0.717, 1.165) is 17.0 Å². The van der Waals surface area contributed by atoms with E-state index in [1.807, 2.05) is 24.3 Å². The fourth-order valence-corrected chi connectivity index (χ4v) is 2.13. The standard InChI is InChI=1S/C18H20N2O4/c1-23-16-6-4-3-5-14(16)11-20-17(21)12-19-15-9-7-13(8-10-15)18(22)24-2/h3-10,19H,11-12H2,1-2H3,(H,20,21). The molecule has 2 N–H and O–H groups in total. The molecule has 0 saturated carbocycles. The molecule has 6 heteroatoms. The molecule has 0 aliphatic heterocycles. The number of hydrogen-bond acceptors (Lipinski definition) is 5. The Kier molecular flexibility index (Phi) is 6.19. The van der Waals surface area contributed by atoms with E-state index in [1.165, 1.54) is 7.11 Å². The molecule has 0 heterocycles. The van der Waals surface area contributed by atoms with Crippen molar-refractivity contribution in [3.8, 4) is 5.75 Å². The molecule has 0 bridgehead atoms. The largest absolute Gasteiger partial charge is 0.496 e. The summed E-state index contributed by atoms with van der Waals surface area (Å²) in [5.41, 5.74) is 2.12. The summed E-state index contributed by atoms with van der Waals surface area (Å²) in [5.74, 6) is 0.207. The third-order valence-corrected chi connectivity index (χ3v) is 3.43. The van der Waals surface area contributed by atoms with Crippen LogP contribution in [0.15, 0.2) is 48.5 Å². The first-order chi connectivity index (χ1) is 11.6. The smallest absolute Gasteiger partial charge is 0.337 e. The summed E-state index contributed by atoms with van der Waals surface area (Å²) in [6.45, 7) is 0.526. The zero-order valence-electron chi connectivity index (χ0n) is 13.7. The van der Waals surface area contributed by atoms with Crippen molar-refractivity contribution >= 4 is 17.6 Å². The topological polar surface area (TPSA) is 76.7 Å². The summed E-state index contributed by atoms with van der Waals surface area (Å²) in [6.07, 6.45) is 0. The van der Waals surface area contributed by atoms with Crippen LogP contribution in [0, 0.1) is 0 Å². The lowest BCUT2D eigenvalue weighted by molar-refractivity contribution is -0.119. The molecule has 0 radical (unpaired) electrons. The second-order valence-corrected chi connectivity index (χ2v) is 5.01. The lowest BCUT2D eigenvalue weighted by Crippen LogP contribution is -2.29. The van der Waals surface area contributed by atoms with E-state index < -0.39 is 5.97 Å². The van der Waals surface area contributed by atoms with Crippen molar-refractivity contribution < 1.29 is 19.1 Å². The molecule has 24 heavy (non-hydrogen) atoms. The van der Waals surface area contributed by atoms with Gasteiger partial charge in [-0.1, -0.05) is 18.2 Å². The minimum Gasteiger partial charge on any atom is -0.496 e. The monoisotopic (exact) mass is 328 g/mol. The average Bonchev–Trinajstić information content (AvgIpc) is 2.64. The maximum Gasteiger partial charge on any atom is 0.337 e. The Labute approximate surface area is 140 Å². The number of rotatable bonds is 7. The third kappa shape index (κ3) is 4.74. The van der Waals surface area contributed by atoms with Crippen molar-refractivity contribution in [1.82, 2.24) is 5.32 Å². The SMILES string of the molecule is COC(=O)c1ccc(NCC(=O)NCc2ccccc2OC)cc1. The Morgan fingerprint density at radius 3 is 2.38 bits per heavy atom. The number of anilines is 1. The summed E-state index contributed by atoms with van der Waals surface area (Å²) in [7, 11) is 2.93. The Balaban J connectivity index is 1.82. The Morgan fingerprint density at radius 2 is 1.71 bits per heavy atom. The van der Waals surface area contributed by atoms with E-state index in [1.54, 1.807) is 31.4 Å². The highest BCUT2D eigenvalue weighted by Gasteiger charge is 2.06. The highest BCUT2D eigenvalue weighted by molar-refractivity contribution is 5.89. The van der Waals surface area contributed by atoms with Gasteiger partial charge in [-0.15, -0.1) is 0 Å². The first-order valence-corrected chi connectivity index (χ1v) is 7.45. The van der Waals surface area contributed by atoms with Gasteiger partial charge in [-0.05, 0) is 30.3 Å². The molecule has 0 saturated heterocycles. The van der Waals surface area contributed by atoms with Crippen LogP contribution in [0.1, 0.15) is 15.9 Å². The van der Waals surface area contributed by atoms with Gasteiger partial charge in [-0.25, -0.2) is 4.79 Å². The Bertz CT molecular complexity index is 698. The number of para-hydroxylation sites is 1. The van der Waals surface area contributed by atoms with Crippen molar-refractivity contribution in [3.63, 3.8) is 0 Å².